The Balaban J connectivity index is 5.11. The zero-order valence-electron chi connectivity index (χ0n) is 11.5. The van der Waals surface area contributed by atoms with Crippen LogP contribution in [0.1, 0.15) is 20.6 Å². The molecule has 100 valence electrons. The van der Waals surface area contributed by atoms with E-state index in [9.17, 15) is 19.8 Å². The van der Waals surface area contributed by atoms with E-state index in [0.29, 0.717) is 0 Å². The first-order valence-electron chi connectivity index (χ1n) is 5.89. The van der Waals surface area contributed by atoms with Crippen molar-refractivity contribution in [3.63, 3.8) is 0 Å². The molecule has 2 atom stereocenters. The summed E-state index contributed by atoms with van der Waals surface area (Å²) in [4.78, 5) is 22.5. The average Bonchev–Trinajstić information content (AvgIpc) is 2.09. The van der Waals surface area contributed by atoms with E-state index in [1.807, 2.05) is 0 Å². The van der Waals surface area contributed by atoms with Crippen LogP contribution in [0.4, 0.5) is 0 Å². The molecule has 0 radical (unpaired) electrons. The van der Waals surface area contributed by atoms with E-state index in [0.717, 1.165) is 0 Å². The Morgan fingerprint density at radius 2 is 1.94 bits per heavy atom. The molecule has 0 aliphatic carbocycles. The molecule has 0 saturated carbocycles. The quantitative estimate of drug-likeness (QED) is 0.480. The minimum Gasteiger partial charge on any atom is -0.550 e. The summed E-state index contributed by atoms with van der Waals surface area (Å²) in [6.07, 6.45) is -3.15. The lowest BCUT2D eigenvalue weighted by Crippen LogP contribution is -2.57. The summed E-state index contributed by atoms with van der Waals surface area (Å²) in [7, 11) is 4.78. The van der Waals surface area contributed by atoms with E-state index in [4.69, 9.17) is 6.48 Å². The van der Waals surface area contributed by atoms with E-state index in [1.54, 1.807) is 21.1 Å². The Morgan fingerprint density at radius 1 is 1.41 bits per heavy atom. The van der Waals surface area contributed by atoms with Gasteiger partial charge < -0.3 is 24.6 Å². The van der Waals surface area contributed by atoms with Gasteiger partial charge >= 0.3 is 0 Å². The Labute approximate surface area is 102 Å². The Hall–Kier alpha value is -0.980. The molecule has 2 N–H and O–H groups in total. The number of aliphatic carboxylic acids is 1. The van der Waals surface area contributed by atoms with Crippen LogP contribution in [0.15, 0.2) is 0 Å². The summed E-state index contributed by atoms with van der Waals surface area (Å²) < 4.78 is 7.60. The van der Waals surface area contributed by atoms with Crippen molar-refractivity contribution in [1.82, 2.24) is 0 Å². The number of carboxylic acids is 1. The van der Waals surface area contributed by atoms with Gasteiger partial charge in [-0.2, -0.15) is 0 Å². The van der Waals surface area contributed by atoms with Gasteiger partial charge in [-0.05, 0) is 6.42 Å². The Kier molecular flexibility index (Phi) is 5.54. The molecule has 0 bridgehead atoms. The maximum atomic E-state index is 12.0. The molecule has 0 heterocycles. The molecule has 0 fully saturated rings. The second kappa shape index (κ2) is 6.68. The minimum absolute atomic E-state index is 0.00900. The molecule has 0 spiro atoms. The SMILES string of the molecule is [2H]C(O)(CC(=O)[O-])C(C(=O)CCCO)[N+](C)(C)C. The van der Waals surface area contributed by atoms with Crippen LogP contribution >= 0.6 is 0 Å². The summed E-state index contributed by atoms with van der Waals surface area (Å²) in [5.74, 6) is -2.03. The number of ketones is 1. The van der Waals surface area contributed by atoms with E-state index >= 15 is 0 Å². The average molecular weight is 248 g/mol. The first-order valence-corrected chi connectivity index (χ1v) is 5.39. The van der Waals surface area contributed by atoms with Crippen molar-refractivity contribution >= 4 is 11.8 Å². The molecule has 0 saturated heterocycles. The van der Waals surface area contributed by atoms with Crippen LogP contribution in [0.25, 0.3) is 0 Å². The van der Waals surface area contributed by atoms with Gasteiger partial charge in [-0.25, -0.2) is 0 Å². The van der Waals surface area contributed by atoms with Gasteiger partial charge in [0.2, 0.25) is 0 Å². The smallest absolute Gasteiger partial charge is 0.192 e. The third-order valence-corrected chi connectivity index (χ3v) is 2.30. The van der Waals surface area contributed by atoms with Gasteiger partial charge in [0.05, 0.1) is 22.5 Å². The lowest BCUT2D eigenvalue weighted by atomic mass is 9.97. The molecule has 6 heteroatoms. The van der Waals surface area contributed by atoms with Gasteiger partial charge in [0.25, 0.3) is 0 Å². The molecule has 0 aromatic heterocycles. The second-order valence-corrected chi connectivity index (χ2v) is 4.85. The molecule has 6 nitrogen and oxygen atoms in total. The maximum absolute atomic E-state index is 12.0. The Morgan fingerprint density at radius 3 is 2.29 bits per heavy atom. The fraction of sp³-hybridized carbons (Fsp3) is 0.818. The summed E-state index contributed by atoms with van der Waals surface area (Å²) in [6.45, 7) is -0.174. The second-order valence-electron chi connectivity index (χ2n) is 4.85. The van der Waals surface area contributed by atoms with Gasteiger partial charge in [0, 0.05) is 25.4 Å². The van der Waals surface area contributed by atoms with Gasteiger partial charge in [-0.1, -0.05) is 0 Å². The van der Waals surface area contributed by atoms with E-state index in [2.05, 4.69) is 0 Å². The molecule has 0 aromatic rings. The van der Waals surface area contributed by atoms with Crippen molar-refractivity contribution in [3.8, 4) is 0 Å². The van der Waals surface area contributed by atoms with Crippen LogP contribution in [-0.4, -0.2) is 66.3 Å². The standard InChI is InChI=1S/C11H21NO5/c1-12(2,3)11(8(14)5-4-6-13)9(15)7-10(16)17/h9,11,13,15H,4-7H2,1-3H3/i9D. The van der Waals surface area contributed by atoms with Gasteiger partial charge in [0.1, 0.15) is 6.08 Å². The lowest BCUT2D eigenvalue weighted by Gasteiger charge is -2.36. The van der Waals surface area contributed by atoms with Crippen LogP contribution in [-0.2, 0) is 9.59 Å². The third-order valence-electron chi connectivity index (χ3n) is 2.30. The first kappa shape index (κ1) is 14.1. The summed E-state index contributed by atoms with van der Waals surface area (Å²) in [5, 5.41) is 29.1. The number of carbonyl (C=O) groups is 2. The van der Waals surface area contributed by atoms with Crippen molar-refractivity contribution in [2.75, 3.05) is 27.7 Å². The number of aliphatic hydroxyl groups is 2. The molecule has 0 aliphatic heterocycles. The number of hydrogen-bond acceptors (Lipinski definition) is 5. The number of rotatable bonds is 8. The molecule has 2 unspecified atom stereocenters. The van der Waals surface area contributed by atoms with Crippen molar-refractivity contribution in [2.45, 2.75) is 31.4 Å². The van der Waals surface area contributed by atoms with Gasteiger partial charge in [0.15, 0.2) is 11.8 Å². The molecular weight excluding hydrogens is 226 g/mol. The van der Waals surface area contributed by atoms with Crippen molar-refractivity contribution < 1.29 is 30.8 Å². The van der Waals surface area contributed by atoms with Crippen LogP contribution < -0.4 is 5.11 Å². The van der Waals surface area contributed by atoms with Crippen LogP contribution in [0.2, 0.25) is 0 Å². The zero-order valence-corrected chi connectivity index (χ0v) is 10.5. The van der Waals surface area contributed by atoms with Crippen LogP contribution in [0.3, 0.4) is 0 Å². The summed E-state index contributed by atoms with van der Waals surface area (Å²) in [5.41, 5.74) is 0. The van der Waals surface area contributed by atoms with E-state index in [-0.39, 0.29) is 23.9 Å². The predicted molar refractivity (Wildman–Crippen MR) is 58.8 cm³/mol. The topological polar surface area (TPSA) is 97.7 Å². The molecule has 0 amide bonds. The fourth-order valence-corrected chi connectivity index (χ4v) is 1.70. The molecule has 17 heavy (non-hydrogen) atoms. The van der Waals surface area contributed by atoms with Crippen LogP contribution in [0.5, 0.6) is 0 Å². The predicted octanol–water partition coefficient (Wildman–Crippen LogP) is -2.10. The third kappa shape index (κ3) is 5.76. The number of likely N-dealkylation sites (N-methyl/N-ethyl adjacent to an activating group) is 1. The number of carbonyl (C=O) groups excluding carboxylic acids is 2. The minimum atomic E-state index is -2.43. The normalized spacial score (nSPS) is 18.1. The first-order chi connectivity index (χ1) is 8.02. The monoisotopic (exact) mass is 248 g/mol. The van der Waals surface area contributed by atoms with E-state index < -0.39 is 30.3 Å². The largest absolute Gasteiger partial charge is 0.550 e. The molecule has 0 aromatic carbocycles. The van der Waals surface area contributed by atoms with Crippen molar-refractivity contribution in [3.05, 3.63) is 0 Å². The number of quaternary nitrogens is 1. The summed E-state index contributed by atoms with van der Waals surface area (Å²) in [6, 6.07) is -1.21. The molecule has 0 aliphatic rings. The maximum Gasteiger partial charge on any atom is 0.192 e. The van der Waals surface area contributed by atoms with Gasteiger partial charge in [-0.3, -0.25) is 4.79 Å². The number of aliphatic hydroxyl groups excluding tert-OH is 1. The van der Waals surface area contributed by atoms with Crippen LogP contribution in [0, 0.1) is 0 Å². The van der Waals surface area contributed by atoms with E-state index in [1.165, 1.54) is 0 Å². The number of nitrogens with zero attached hydrogens (tertiary/aromatic N) is 1. The zero-order chi connectivity index (χ0) is 14.6. The molecular formula is C11H21NO5. The number of hydrogen-bond donors (Lipinski definition) is 2. The number of carboxylic acid groups (broad SMARTS) is 1. The highest BCUT2D eigenvalue weighted by Crippen LogP contribution is 2.14. The highest BCUT2D eigenvalue weighted by molar-refractivity contribution is 5.84. The van der Waals surface area contributed by atoms with Crippen molar-refractivity contribution in [1.29, 1.82) is 0 Å². The molecule has 0 rings (SSSR count). The lowest BCUT2D eigenvalue weighted by molar-refractivity contribution is -0.890. The highest BCUT2D eigenvalue weighted by atomic mass is 16.4. The fourth-order valence-electron chi connectivity index (χ4n) is 1.70. The summed E-state index contributed by atoms with van der Waals surface area (Å²) >= 11 is 0. The highest BCUT2D eigenvalue weighted by Gasteiger charge is 2.37. The number of Topliss-reactive ketones (excluding diaryl/α,β-unsaturated/α-hetero) is 1. The van der Waals surface area contributed by atoms with Crippen molar-refractivity contribution in [2.24, 2.45) is 0 Å². The van der Waals surface area contributed by atoms with Gasteiger partial charge in [-0.15, -0.1) is 0 Å². The Bertz CT molecular complexity index is 311.